The zero-order valence-electron chi connectivity index (χ0n) is 13.9. The van der Waals surface area contributed by atoms with Gasteiger partial charge in [0, 0.05) is 13.1 Å². The van der Waals surface area contributed by atoms with Crippen molar-refractivity contribution in [3.05, 3.63) is 45.7 Å². The van der Waals surface area contributed by atoms with E-state index < -0.39 is 10.0 Å². The van der Waals surface area contributed by atoms with Crippen LogP contribution in [0.15, 0.2) is 23.2 Å². The van der Waals surface area contributed by atoms with Gasteiger partial charge in [0.1, 0.15) is 0 Å². The van der Waals surface area contributed by atoms with Crippen LogP contribution >= 0.6 is 11.6 Å². The van der Waals surface area contributed by atoms with Crippen molar-refractivity contribution >= 4 is 21.6 Å². The van der Waals surface area contributed by atoms with E-state index in [0.717, 1.165) is 22.4 Å². The van der Waals surface area contributed by atoms with Crippen molar-refractivity contribution in [1.82, 2.24) is 14.5 Å². The van der Waals surface area contributed by atoms with Crippen LogP contribution in [0.4, 0.5) is 0 Å². The highest BCUT2D eigenvalue weighted by Crippen LogP contribution is 2.21. The summed E-state index contributed by atoms with van der Waals surface area (Å²) in [7, 11) is -3.50. The topological polar surface area (TPSA) is 64.0 Å². The van der Waals surface area contributed by atoms with E-state index in [1.807, 2.05) is 39.8 Å². The van der Waals surface area contributed by atoms with E-state index in [0.29, 0.717) is 29.4 Å². The molecule has 0 unspecified atom stereocenters. The zero-order valence-corrected chi connectivity index (χ0v) is 15.4. The Morgan fingerprint density at radius 2 is 1.78 bits per heavy atom. The van der Waals surface area contributed by atoms with Crippen molar-refractivity contribution in [2.75, 3.05) is 6.54 Å². The van der Waals surface area contributed by atoms with E-state index >= 15 is 0 Å². The summed E-state index contributed by atoms with van der Waals surface area (Å²) in [5.41, 5.74) is 3.49. The Bertz CT molecular complexity index is 790. The molecule has 126 valence electrons. The van der Waals surface area contributed by atoms with Gasteiger partial charge < -0.3 is 0 Å². The molecule has 1 aromatic carbocycles. The maximum absolute atomic E-state index is 12.5. The second-order valence-corrected chi connectivity index (χ2v) is 7.89. The van der Waals surface area contributed by atoms with E-state index in [1.54, 1.807) is 10.9 Å². The molecule has 0 radical (unpaired) electrons. The van der Waals surface area contributed by atoms with E-state index in [2.05, 4.69) is 9.82 Å². The van der Waals surface area contributed by atoms with Crippen molar-refractivity contribution in [2.45, 2.75) is 45.6 Å². The van der Waals surface area contributed by atoms with Gasteiger partial charge in [0.2, 0.25) is 10.0 Å². The summed E-state index contributed by atoms with van der Waals surface area (Å²) in [6.45, 7) is 8.46. The van der Waals surface area contributed by atoms with Crippen LogP contribution in [-0.2, 0) is 16.6 Å². The molecule has 0 aliphatic heterocycles. The van der Waals surface area contributed by atoms with Crippen molar-refractivity contribution in [3.63, 3.8) is 0 Å². The van der Waals surface area contributed by atoms with Crippen LogP contribution in [-0.4, -0.2) is 24.7 Å². The maximum atomic E-state index is 12.5. The van der Waals surface area contributed by atoms with E-state index in [-0.39, 0.29) is 0 Å². The number of nitrogens with zero attached hydrogens (tertiary/aromatic N) is 2. The number of aromatic nitrogens is 2. The SMILES string of the molecule is Cc1cc(C)c(S(=O)(=O)NCCCn2ncc(Cl)c2C)c(C)c1. The van der Waals surface area contributed by atoms with Gasteiger partial charge in [0.15, 0.2) is 0 Å². The second kappa shape index (κ2) is 7.03. The summed E-state index contributed by atoms with van der Waals surface area (Å²) in [5.74, 6) is 0. The lowest BCUT2D eigenvalue weighted by molar-refractivity contribution is 0.545. The minimum Gasteiger partial charge on any atom is -0.268 e. The lowest BCUT2D eigenvalue weighted by atomic mass is 10.1. The molecule has 1 N–H and O–H groups in total. The molecule has 0 saturated carbocycles. The summed E-state index contributed by atoms with van der Waals surface area (Å²) in [4.78, 5) is 0.376. The second-order valence-electron chi connectivity index (χ2n) is 5.78. The Morgan fingerprint density at radius 1 is 1.17 bits per heavy atom. The molecule has 0 atom stereocenters. The van der Waals surface area contributed by atoms with Crippen LogP contribution < -0.4 is 4.72 Å². The highest BCUT2D eigenvalue weighted by molar-refractivity contribution is 7.89. The van der Waals surface area contributed by atoms with E-state index in [9.17, 15) is 8.42 Å². The van der Waals surface area contributed by atoms with E-state index in [1.165, 1.54) is 0 Å². The molecule has 23 heavy (non-hydrogen) atoms. The first-order valence-electron chi connectivity index (χ1n) is 7.48. The summed E-state index contributed by atoms with van der Waals surface area (Å²) in [6, 6.07) is 3.77. The number of sulfonamides is 1. The third-order valence-corrected chi connectivity index (χ3v) is 5.89. The average Bonchev–Trinajstić information content (AvgIpc) is 2.73. The summed E-state index contributed by atoms with van der Waals surface area (Å²) < 4.78 is 29.5. The molecule has 0 saturated heterocycles. The van der Waals surface area contributed by atoms with Crippen LogP contribution in [0.1, 0.15) is 28.8 Å². The van der Waals surface area contributed by atoms with Gasteiger partial charge in [0.25, 0.3) is 0 Å². The Morgan fingerprint density at radius 3 is 2.30 bits per heavy atom. The molecule has 0 amide bonds. The number of benzene rings is 1. The number of hydrogen-bond acceptors (Lipinski definition) is 3. The third kappa shape index (κ3) is 4.13. The molecule has 0 aliphatic rings. The molecule has 7 heteroatoms. The van der Waals surface area contributed by atoms with E-state index in [4.69, 9.17) is 11.6 Å². The maximum Gasteiger partial charge on any atom is 0.241 e. The minimum absolute atomic E-state index is 0.353. The molecule has 5 nitrogen and oxygen atoms in total. The van der Waals surface area contributed by atoms with Gasteiger partial charge in [-0.1, -0.05) is 29.3 Å². The number of halogens is 1. The average molecular weight is 356 g/mol. The normalized spacial score (nSPS) is 11.9. The number of aryl methyl sites for hydroxylation is 4. The van der Waals surface area contributed by atoms with Crippen molar-refractivity contribution < 1.29 is 8.42 Å². The number of rotatable bonds is 6. The lowest BCUT2D eigenvalue weighted by Gasteiger charge is -2.13. The van der Waals surface area contributed by atoms with Crippen molar-refractivity contribution in [3.8, 4) is 0 Å². The molecule has 0 bridgehead atoms. The monoisotopic (exact) mass is 355 g/mol. The minimum atomic E-state index is -3.50. The molecule has 2 rings (SSSR count). The largest absolute Gasteiger partial charge is 0.268 e. The molecule has 0 spiro atoms. The van der Waals surface area contributed by atoms with Crippen molar-refractivity contribution in [1.29, 1.82) is 0 Å². The quantitative estimate of drug-likeness (QED) is 0.809. The number of nitrogens with one attached hydrogen (secondary N) is 1. The van der Waals surface area contributed by atoms with Gasteiger partial charge in [-0.05, 0) is 45.2 Å². The number of hydrogen-bond donors (Lipinski definition) is 1. The van der Waals surface area contributed by atoms with Crippen LogP contribution in [0.25, 0.3) is 0 Å². The highest BCUT2D eigenvalue weighted by atomic mass is 35.5. The Labute approximate surface area is 142 Å². The van der Waals surface area contributed by atoms with Gasteiger partial charge in [-0.3, -0.25) is 4.68 Å². The molecule has 1 heterocycles. The molecule has 0 aliphatic carbocycles. The Hall–Kier alpha value is -1.37. The molecule has 2 aromatic rings. The Kier molecular flexibility index (Phi) is 5.49. The first-order chi connectivity index (χ1) is 10.7. The fraction of sp³-hybridized carbons (Fsp3) is 0.438. The van der Waals surface area contributed by atoms with Crippen molar-refractivity contribution in [2.24, 2.45) is 0 Å². The zero-order chi connectivity index (χ0) is 17.2. The van der Waals surface area contributed by atoms with Gasteiger partial charge in [0.05, 0.1) is 21.8 Å². The lowest BCUT2D eigenvalue weighted by Crippen LogP contribution is -2.27. The smallest absolute Gasteiger partial charge is 0.241 e. The predicted molar refractivity (Wildman–Crippen MR) is 92.4 cm³/mol. The summed E-state index contributed by atoms with van der Waals surface area (Å²) in [6.07, 6.45) is 2.24. The predicted octanol–water partition coefficient (Wildman–Crippen LogP) is 3.14. The van der Waals surface area contributed by atoms with Crippen LogP contribution in [0, 0.1) is 27.7 Å². The molecule has 1 aromatic heterocycles. The Balaban J connectivity index is 2.01. The molecular formula is C16H22ClN3O2S. The highest BCUT2D eigenvalue weighted by Gasteiger charge is 2.19. The van der Waals surface area contributed by atoms with Gasteiger partial charge >= 0.3 is 0 Å². The molecule has 0 fully saturated rings. The van der Waals surface area contributed by atoms with Crippen LogP contribution in [0.2, 0.25) is 5.02 Å². The fourth-order valence-electron chi connectivity index (χ4n) is 2.75. The van der Waals surface area contributed by atoms with Gasteiger partial charge in [-0.2, -0.15) is 5.10 Å². The van der Waals surface area contributed by atoms with Crippen LogP contribution in [0.5, 0.6) is 0 Å². The third-order valence-electron chi connectivity index (χ3n) is 3.76. The summed E-state index contributed by atoms with van der Waals surface area (Å²) in [5, 5.41) is 4.77. The first kappa shape index (κ1) is 18.0. The molecular weight excluding hydrogens is 334 g/mol. The standard InChI is InChI=1S/C16H22ClN3O2S/c1-11-8-12(2)16(13(3)9-11)23(21,22)19-6-5-7-20-14(4)15(17)10-18-20/h8-10,19H,5-7H2,1-4H3. The van der Waals surface area contributed by atoms with Crippen LogP contribution in [0.3, 0.4) is 0 Å². The van der Waals surface area contributed by atoms with Gasteiger partial charge in [-0.25, -0.2) is 13.1 Å². The fourth-order valence-corrected chi connectivity index (χ4v) is 4.41. The van der Waals surface area contributed by atoms with Gasteiger partial charge in [-0.15, -0.1) is 0 Å². The summed E-state index contributed by atoms with van der Waals surface area (Å²) >= 11 is 5.95. The first-order valence-corrected chi connectivity index (χ1v) is 9.34.